The van der Waals surface area contributed by atoms with Crippen LogP contribution in [0.25, 0.3) is 6.08 Å². The molecular formula is C40H42N4O9. The Morgan fingerprint density at radius 1 is 0.943 bits per heavy atom. The van der Waals surface area contributed by atoms with Crippen molar-refractivity contribution >= 4 is 29.8 Å². The molecular weight excluding hydrogens is 680 g/mol. The summed E-state index contributed by atoms with van der Waals surface area (Å²) in [4.78, 5) is 61.8. The summed E-state index contributed by atoms with van der Waals surface area (Å²) in [7, 11) is 3.36. The van der Waals surface area contributed by atoms with Gasteiger partial charge in [0.2, 0.25) is 11.8 Å². The molecule has 2 aliphatic carbocycles. The fraction of sp³-hybridized carbons (Fsp3) is 0.400. The molecule has 13 heteroatoms. The smallest absolute Gasteiger partial charge is 0.327 e. The van der Waals surface area contributed by atoms with E-state index in [9.17, 15) is 19.2 Å². The van der Waals surface area contributed by atoms with Crippen molar-refractivity contribution in [1.29, 1.82) is 0 Å². The van der Waals surface area contributed by atoms with Gasteiger partial charge in [-0.2, -0.15) is 5.06 Å². The Kier molecular flexibility index (Phi) is 9.15. The number of carbonyl (C=O) groups excluding carboxylic acids is 4. The SMILES string of the molecule is CN(C)C(=O)C=Cc1cccc(CN2O[C@@H]3[C@H]4OC5(Cc6ccccc6C5)O[C@H]4[C@H]4C[C@]3(C(=O)NCc3cccc(C(=O)NCCO)c3)[C@@H]2C(=O)O4)c1. The Hall–Kier alpha value is -4.92. The van der Waals surface area contributed by atoms with Crippen molar-refractivity contribution in [2.24, 2.45) is 5.41 Å². The first-order valence-electron chi connectivity index (χ1n) is 17.9. The minimum atomic E-state index is -1.38. The lowest BCUT2D eigenvalue weighted by Gasteiger charge is -2.48. The van der Waals surface area contributed by atoms with Crippen molar-refractivity contribution in [3.63, 3.8) is 0 Å². The Morgan fingerprint density at radius 3 is 2.43 bits per heavy atom. The standard InChI is InChI=1S/C40H42N4O9/c1-43(2)31(46)14-13-24-7-5-9-26(17-24)23-44-34-37(48)50-30-21-40(34,38(49)42-22-25-8-6-12-27(18-25)36(47)41-15-16-45)35(53-44)33-32(30)51-39(52-33)19-28-10-3-4-11-29(28)20-39/h3-14,17-18,30,32-35,45H,15-16,19-23H2,1-2H3,(H,41,47)(H,42,49)/t30-,32+,33+,34+,35-,40+/m1/s1. The van der Waals surface area contributed by atoms with Gasteiger partial charge in [0.1, 0.15) is 29.8 Å². The average molecular weight is 723 g/mol. The second-order valence-electron chi connectivity index (χ2n) is 14.6. The lowest BCUT2D eigenvalue weighted by atomic mass is 9.62. The van der Waals surface area contributed by atoms with Crippen LogP contribution in [0.3, 0.4) is 0 Å². The van der Waals surface area contributed by atoms with E-state index in [1.807, 2.05) is 36.4 Å². The highest BCUT2D eigenvalue weighted by atomic mass is 16.8. The van der Waals surface area contributed by atoms with E-state index in [2.05, 4.69) is 22.8 Å². The average Bonchev–Trinajstić information content (AvgIpc) is 3.83. The molecule has 4 fully saturated rings. The van der Waals surface area contributed by atoms with Gasteiger partial charge in [0.25, 0.3) is 5.91 Å². The first-order valence-corrected chi connectivity index (χ1v) is 17.9. The molecule has 1 spiro atoms. The number of amides is 3. The second kappa shape index (κ2) is 13.8. The van der Waals surface area contributed by atoms with Crippen LogP contribution in [0, 0.1) is 5.41 Å². The molecule has 2 bridgehead atoms. The van der Waals surface area contributed by atoms with E-state index in [-0.39, 0.29) is 50.4 Å². The van der Waals surface area contributed by atoms with Gasteiger partial charge in [0.15, 0.2) is 11.8 Å². The predicted octanol–water partition coefficient (Wildman–Crippen LogP) is 1.91. The fourth-order valence-corrected chi connectivity index (χ4v) is 8.49. The third kappa shape index (κ3) is 6.32. The maximum atomic E-state index is 14.7. The number of nitrogens with zero attached hydrogens (tertiary/aromatic N) is 2. The van der Waals surface area contributed by atoms with Crippen LogP contribution in [0.4, 0.5) is 0 Å². The van der Waals surface area contributed by atoms with E-state index >= 15 is 0 Å². The van der Waals surface area contributed by atoms with Gasteiger partial charge in [-0.15, -0.1) is 0 Å². The molecule has 0 radical (unpaired) electrons. The molecule has 3 aromatic carbocycles. The van der Waals surface area contributed by atoms with Crippen LogP contribution in [-0.2, 0) is 59.4 Å². The fourth-order valence-electron chi connectivity index (χ4n) is 8.49. The number of benzene rings is 3. The van der Waals surface area contributed by atoms with E-state index in [0.29, 0.717) is 24.0 Å². The van der Waals surface area contributed by atoms with Crippen LogP contribution < -0.4 is 10.6 Å². The number of hydrogen-bond donors (Lipinski definition) is 3. The monoisotopic (exact) mass is 722 g/mol. The summed E-state index contributed by atoms with van der Waals surface area (Å²) in [5.74, 6) is -2.43. The topological polar surface area (TPSA) is 156 Å². The normalized spacial score (nSPS) is 27.7. The zero-order valence-corrected chi connectivity index (χ0v) is 29.5. The number of esters is 1. The Bertz CT molecular complexity index is 1960. The molecule has 6 atom stereocenters. The first kappa shape index (κ1) is 35.1. The first-order chi connectivity index (χ1) is 25.6. The lowest BCUT2D eigenvalue weighted by molar-refractivity contribution is -0.217. The summed E-state index contributed by atoms with van der Waals surface area (Å²) in [5.41, 5.74) is 3.53. The second-order valence-corrected chi connectivity index (χ2v) is 14.6. The number of hydroxylamine groups is 2. The van der Waals surface area contributed by atoms with E-state index in [1.54, 1.807) is 49.5 Å². The van der Waals surface area contributed by atoms with Gasteiger partial charge >= 0.3 is 5.97 Å². The number of hydrogen-bond acceptors (Lipinski definition) is 10. The van der Waals surface area contributed by atoms with Crippen LogP contribution in [0.1, 0.15) is 44.6 Å². The highest BCUT2D eigenvalue weighted by molar-refractivity contribution is 5.95. The molecule has 0 aromatic heterocycles. The minimum Gasteiger partial charge on any atom is -0.458 e. The van der Waals surface area contributed by atoms with Crippen molar-refractivity contribution in [2.45, 2.75) is 68.6 Å². The molecule has 3 N–H and O–H groups in total. The molecule has 276 valence electrons. The van der Waals surface area contributed by atoms with Crippen LogP contribution >= 0.6 is 0 Å². The van der Waals surface area contributed by atoms with E-state index in [1.165, 1.54) is 11.0 Å². The van der Waals surface area contributed by atoms with Crippen LogP contribution in [0.5, 0.6) is 0 Å². The van der Waals surface area contributed by atoms with Crippen LogP contribution in [0.2, 0.25) is 0 Å². The molecule has 53 heavy (non-hydrogen) atoms. The van der Waals surface area contributed by atoms with Crippen molar-refractivity contribution in [1.82, 2.24) is 20.6 Å². The van der Waals surface area contributed by atoms with Crippen molar-refractivity contribution in [3.05, 3.63) is 112 Å². The summed E-state index contributed by atoms with van der Waals surface area (Å²) >= 11 is 0. The third-order valence-electron chi connectivity index (χ3n) is 10.9. The number of fused-ring (bicyclic) bond motifs is 5. The highest BCUT2D eigenvalue weighted by Gasteiger charge is 2.76. The number of nitrogens with one attached hydrogen (secondary N) is 2. The van der Waals surface area contributed by atoms with Crippen molar-refractivity contribution in [3.8, 4) is 0 Å². The van der Waals surface area contributed by atoms with Gasteiger partial charge in [-0.05, 0) is 46.0 Å². The molecule has 3 saturated heterocycles. The van der Waals surface area contributed by atoms with Gasteiger partial charge in [-0.1, -0.05) is 60.7 Å². The number of aliphatic hydroxyl groups excluding tert-OH is 1. The number of likely N-dealkylation sites (N-methyl/N-ethyl adjacent to an activating group) is 1. The lowest BCUT2D eigenvalue weighted by Crippen LogP contribution is -2.69. The number of rotatable bonds is 10. The highest BCUT2D eigenvalue weighted by Crippen LogP contribution is 2.58. The summed E-state index contributed by atoms with van der Waals surface area (Å²) in [5, 5.41) is 16.4. The number of carbonyl (C=O) groups is 4. The van der Waals surface area contributed by atoms with Gasteiger partial charge in [-0.25, -0.2) is 0 Å². The summed E-state index contributed by atoms with van der Waals surface area (Å²) in [6.45, 7) is 0.182. The van der Waals surface area contributed by atoms with E-state index < -0.39 is 47.6 Å². The van der Waals surface area contributed by atoms with Crippen molar-refractivity contribution < 1.29 is 43.3 Å². The number of ether oxygens (including phenoxy) is 3. The summed E-state index contributed by atoms with van der Waals surface area (Å²) < 4.78 is 19.7. The zero-order valence-electron chi connectivity index (χ0n) is 29.5. The molecule has 3 amide bonds. The van der Waals surface area contributed by atoms with Crippen LogP contribution in [0.15, 0.2) is 78.9 Å². The molecule has 3 aromatic rings. The Balaban J connectivity index is 1.10. The van der Waals surface area contributed by atoms with Gasteiger partial charge < -0.3 is 34.9 Å². The molecule has 1 saturated carbocycles. The van der Waals surface area contributed by atoms with E-state index in [0.717, 1.165) is 22.3 Å². The molecule has 5 aliphatic rings. The number of aliphatic hydroxyl groups is 1. The minimum absolute atomic E-state index is 0.0889. The molecule has 8 rings (SSSR count). The third-order valence-corrected chi connectivity index (χ3v) is 10.9. The molecule has 13 nitrogen and oxygen atoms in total. The van der Waals surface area contributed by atoms with Gasteiger partial charge in [0, 0.05) is 58.1 Å². The molecule has 0 unspecified atom stereocenters. The van der Waals surface area contributed by atoms with Crippen LogP contribution in [-0.4, -0.2) is 102 Å². The molecule has 3 heterocycles. The zero-order chi connectivity index (χ0) is 36.9. The van der Waals surface area contributed by atoms with E-state index in [4.69, 9.17) is 24.2 Å². The molecule has 3 aliphatic heterocycles. The maximum Gasteiger partial charge on any atom is 0.327 e. The quantitative estimate of drug-likeness (QED) is 0.209. The van der Waals surface area contributed by atoms with Gasteiger partial charge in [-0.3, -0.25) is 24.0 Å². The maximum absolute atomic E-state index is 14.7. The summed E-state index contributed by atoms with van der Waals surface area (Å²) in [6, 6.07) is 21.4. The Morgan fingerprint density at radius 2 is 1.68 bits per heavy atom. The van der Waals surface area contributed by atoms with Crippen molar-refractivity contribution in [2.75, 3.05) is 27.2 Å². The Labute approximate surface area is 306 Å². The summed E-state index contributed by atoms with van der Waals surface area (Å²) in [6.07, 6.45) is 1.47. The predicted molar refractivity (Wildman–Crippen MR) is 189 cm³/mol. The largest absolute Gasteiger partial charge is 0.458 e. The van der Waals surface area contributed by atoms with Gasteiger partial charge in [0.05, 0.1) is 13.2 Å².